The summed E-state index contributed by atoms with van der Waals surface area (Å²) in [6, 6.07) is 26.3. The SMILES string of the molecule is C[N+](C)(C)[C@@H](CCCNC(=O)OCc1ccccc1)CC(=O)N1CCN(C(=O)OCC2c3ccccc3-c3ccccc32)CC1.O=C([O-])C(F)(F)F. The third kappa shape index (κ3) is 11.2. The van der Waals surface area contributed by atoms with Gasteiger partial charge in [0, 0.05) is 45.1 Å². The van der Waals surface area contributed by atoms with Crippen molar-refractivity contribution in [2.75, 3.05) is 60.5 Å². The first kappa shape index (κ1) is 39.7. The number of quaternary nitrogens is 1. The molecule has 2 aliphatic rings. The van der Waals surface area contributed by atoms with E-state index in [1.54, 1.807) is 4.90 Å². The van der Waals surface area contributed by atoms with Gasteiger partial charge in [-0.1, -0.05) is 78.9 Å². The summed E-state index contributed by atoms with van der Waals surface area (Å²) >= 11 is 0. The first-order chi connectivity index (χ1) is 24.6. The van der Waals surface area contributed by atoms with Crippen LogP contribution >= 0.6 is 0 Å². The van der Waals surface area contributed by atoms with E-state index in [4.69, 9.17) is 19.4 Å². The maximum Gasteiger partial charge on any atom is 0.430 e. The van der Waals surface area contributed by atoms with Gasteiger partial charge in [0.15, 0.2) is 0 Å². The number of carboxylic acid groups (broad SMARTS) is 1. The number of nitrogens with one attached hydrogen (secondary N) is 1. The van der Waals surface area contributed by atoms with Crippen molar-refractivity contribution >= 4 is 24.1 Å². The molecule has 1 fully saturated rings. The van der Waals surface area contributed by atoms with Gasteiger partial charge in [0.25, 0.3) is 0 Å². The summed E-state index contributed by atoms with van der Waals surface area (Å²) in [4.78, 5) is 50.8. The molecule has 0 spiro atoms. The van der Waals surface area contributed by atoms with Crippen LogP contribution in [0.5, 0.6) is 0 Å². The number of halogens is 3. The van der Waals surface area contributed by atoms with Crippen LogP contribution in [0.15, 0.2) is 78.9 Å². The molecule has 0 aromatic heterocycles. The van der Waals surface area contributed by atoms with Gasteiger partial charge in [0.05, 0.1) is 33.6 Å². The number of benzene rings is 3. The number of alkyl halides is 3. The highest BCUT2D eigenvalue weighted by Gasteiger charge is 2.33. The van der Waals surface area contributed by atoms with Crippen LogP contribution < -0.4 is 10.4 Å². The molecular weight excluding hydrogens is 681 g/mol. The zero-order valence-corrected chi connectivity index (χ0v) is 29.6. The summed E-state index contributed by atoms with van der Waals surface area (Å²) in [5, 5.41) is 11.6. The summed E-state index contributed by atoms with van der Waals surface area (Å²) in [7, 11) is 6.28. The maximum atomic E-state index is 13.3. The van der Waals surface area contributed by atoms with Gasteiger partial charge in [-0.25, -0.2) is 9.59 Å². The highest BCUT2D eigenvalue weighted by Crippen LogP contribution is 2.44. The number of hydrogen-bond acceptors (Lipinski definition) is 7. The van der Waals surface area contributed by atoms with Crippen molar-refractivity contribution in [2.45, 2.75) is 44.0 Å². The quantitative estimate of drug-likeness (QED) is 0.227. The Kier molecular flexibility index (Phi) is 13.7. The Balaban J connectivity index is 0.000000785. The number of carbonyl (C=O) groups is 4. The Morgan fingerprint density at radius 1 is 0.827 bits per heavy atom. The number of alkyl carbamates (subject to hydrolysis) is 1. The van der Waals surface area contributed by atoms with E-state index in [-0.39, 0.29) is 37.2 Å². The second-order valence-corrected chi connectivity index (χ2v) is 13.6. The van der Waals surface area contributed by atoms with Crippen LogP contribution in [0.25, 0.3) is 11.1 Å². The van der Waals surface area contributed by atoms with E-state index in [9.17, 15) is 27.6 Å². The van der Waals surface area contributed by atoms with Crippen molar-refractivity contribution in [3.05, 3.63) is 95.6 Å². The lowest BCUT2D eigenvalue weighted by Gasteiger charge is -2.38. The lowest BCUT2D eigenvalue weighted by atomic mass is 9.98. The number of aliphatic carboxylic acids is 1. The average molecular weight is 727 g/mol. The second-order valence-electron chi connectivity index (χ2n) is 13.6. The van der Waals surface area contributed by atoms with Gasteiger partial charge in [-0.15, -0.1) is 0 Å². The van der Waals surface area contributed by atoms with Crippen LogP contribution in [0.1, 0.15) is 41.9 Å². The van der Waals surface area contributed by atoms with E-state index >= 15 is 0 Å². The monoisotopic (exact) mass is 726 g/mol. The normalized spacial score (nSPS) is 14.7. The predicted molar refractivity (Wildman–Crippen MR) is 185 cm³/mol. The number of carboxylic acids is 1. The minimum Gasteiger partial charge on any atom is -0.542 e. The molecule has 1 heterocycles. The zero-order chi connectivity index (χ0) is 37.9. The zero-order valence-electron chi connectivity index (χ0n) is 29.6. The molecule has 0 radical (unpaired) electrons. The number of ether oxygens (including phenoxy) is 2. The molecule has 14 heteroatoms. The molecule has 52 heavy (non-hydrogen) atoms. The summed E-state index contributed by atoms with van der Waals surface area (Å²) in [6.07, 6.45) is -4.03. The fourth-order valence-electron chi connectivity index (χ4n) is 6.22. The van der Waals surface area contributed by atoms with E-state index in [1.165, 1.54) is 22.3 Å². The molecule has 0 unspecified atom stereocenters. The van der Waals surface area contributed by atoms with Crippen LogP contribution in [0, 0.1) is 0 Å². The summed E-state index contributed by atoms with van der Waals surface area (Å²) in [5.41, 5.74) is 5.72. The van der Waals surface area contributed by atoms with Crippen molar-refractivity contribution in [1.29, 1.82) is 0 Å². The molecule has 0 saturated carbocycles. The lowest BCUT2D eigenvalue weighted by molar-refractivity contribution is -0.895. The van der Waals surface area contributed by atoms with Gasteiger partial charge in [-0.2, -0.15) is 13.2 Å². The second kappa shape index (κ2) is 17.9. The molecule has 3 amide bonds. The van der Waals surface area contributed by atoms with E-state index in [1.807, 2.05) is 59.5 Å². The van der Waals surface area contributed by atoms with Crippen molar-refractivity contribution in [3.63, 3.8) is 0 Å². The molecular formula is C38H45F3N4O7. The Morgan fingerprint density at radius 2 is 1.35 bits per heavy atom. The summed E-state index contributed by atoms with van der Waals surface area (Å²) in [5.74, 6) is -2.89. The van der Waals surface area contributed by atoms with E-state index in [0.717, 1.165) is 18.4 Å². The Bertz CT molecular complexity index is 1630. The minimum absolute atomic E-state index is 0.0202. The van der Waals surface area contributed by atoms with Crippen molar-refractivity contribution in [2.24, 2.45) is 0 Å². The number of nitrogens with zero attached hydrogens (tertiary/aromatic N) is 3. The fourth-order valence-corrected chi connectivity index (χ4v) is 6.22. The average Bonchev–Trinajstić information content (AvgIpc) is 3.44. The van der Waals surface area contributed by atoms with Crippen LogP contribution in [-0.2, 0) is 25.7 Å². The highest BCUT2D eigenvalue weighted by molar-refractivity contribution is 5.79. The largest absolute Gasteiger partial charge is 0.542 e. The topological polar surface area (TPSA) is 128 Å². The standard InChI is InChI=1S/C36H44N4O5.C2HF3O2/c1-40(2,3)28(14-11-19-37-35(42)44-25-27-12-5-4-6-13-27)24-34(41)38-20-22-39(23-21-38)36(43)45-26-33-31-17-9-7-15-29(31)30-16-8-10-18-32(30)33;3-2(4,5)1(6)7/h4-10,12-13,15-18,28,33H,11,14,19-26H2,1-3H3;(H,6,7)/t28-;/m0./s1. The number of hydrogen-bond donors (Lipinski definition) is 1. The van der Waals surface area contributed by atoms with Crippen LogP contribution in [0.2, 0.25) is 0 Å². The minimum atomic E-state index is -5.19. The van der Waals surface area contributed by atoms with Gasteiger partial charge in [0.2, 0.25) is 5.91 Å². The van der Waals surface area contributed by atoms with E-state index in [2.05, 4.69) is 50.7 Å². The summed E-state index contributed by atoms with van der Waals surface area (Å²) < 4.78 is 43.3. The van der Waals surface area contributed by atoms with Crippen LogP contribution in [0.3, 0.4) is 0 Å². The molecule has 1 aliphatic carbocycles. The first-order valence-electron chi connectivity index (χ1n) is 17.1. The van der Waals surface area contributed by atoms with E-state index < -0.39 is 18.2 Å². The molecule has 280 valence electrons. The Labute approximate surface area is 301 Å². The van der Waals surface area contributed by atoms with Gasteiger partial charge < -0.3 is 39.0 Å². The molecule has 3 aromatic rings. The maximum absolute atomic E-state index is 13.3. The van der Waals surface area contributed by atoms with Crippen LogP contribution in [0.4, 0.5) is 22.8 Å². The Morgan fingerprint density at radius 3 is 1.88 bits per heavy atom. The highest BCUT2D eigenvalue weighted by atomic mass is 19.4. The molecule has 5 rings (SSSR count). The molecule has 11 nitrogen and oxygen atoms in total. The number of fused-ring (bicyclic) bond motifs is 3. The third-order valence-corrected chi connectivity index (χ3v) is 9.16. The molecule has 0 bridgehead atoms. The van der Waals surface area contributed by atoms with Gasteiger partial charge in [0.1, 0.15) is 19.2 Å². The van der Waals surface area contributed by atoms with Crippen molar-refractivity contribution in [1.82, 2.24) is 15.1 Å². The molecule has 1 aliphatic heterocycles. The fraction of sp³-hybridized carbons (Fsp3) is 0.421. The predicted octanol–water partition coefficient (Wildman–Crippen LogP) is 4.55. The lowest BCUT2D eigenvalue weighted by Crippen LogP contribution is -2.53. The van der Waals surface area contributed by atoms with E-state index in [0.29, 0.717) is 43.6 Å². The van der Waals surface area contributed by atoms with Gasteiger partial charge >= 0.3 is 18.4 Å². The molecule has 1 atom stereocenters. The molecule has 1 N–H and O–H groups in total. The number of rotatable bonds is 11. The molecule has 3 aromatic carbocycles. The summed E-state index contributed by atoms with van der Waals surface area (Å²) in [6.45, 7) is 2.88. The third-order valence-electron chi connectivity index (χ3n) is 9.16. The first-order valence-corrected chi connectivity index (χ1v) is 17.1. The van der Waals surface area contributed by atoms with Crippen LogP contribution in [-0.4, -0.2) is 111 Å². The number of amides is 3. The Hall–Kier alpha value is -5.11. The van der Waals surface area contributed by atoms with Gasteiger partial charge in [-0.05, 0) is 34.2 Å². The van der Waals surface area contributed by atoms with Crippen molar-refractivity contribution < 1.29 is 51.4 Å². The number of carbonyl (C=O) groups excluding carboxylic acids is 4. The molecule has 1 saturated heterocycles. The smallest absolute Gasteiger partial charge is 0.430 e. The van der Waals surface area contributed by atoms with Crippen molar-refractivity contribution in [3.8, 4) is 11.1 Å². The number of piperazine rings is 1. The van der Waals surface area contributed by atoms with Gasteiger partial charge in [-0.3, -0.25) is 4.79 Å².